The molecule has 0 saturated carbocycles. The second-order valence-electron chi connectivity index (χ2n) is 4.93. The van der Waals surface area contributed by atoms with Gasteiger partial charge in [-0.2, -0.15) is 0 Å². The van der Waals surface area contributed by atoms with Gasteiger partial charge in [-0.3, -0.25) is 4.98 Å². The average molecular weight is 312 g/mol. The van der Waals surface area contributed by atoms with Gasteiger partial charge in [0.1, 0.15) is 0 Å². The van der Waals surface area contributed by atoms with Crippen LogP contribution < -0.4 is 10.6 Å². The number of anilines is 1. The fourth-order valence-corrected chi connectivity index (χ4v) is 2.89. The van der Waals surface area contributed by atoms with Crippen molar-refractivity contribution in [1.29, 1.82) is 0 Å². The summed E-state index contributed by atoms with van der Waals surface area (Å²) in [5.41, 5.74) is 2.61. The van der Waals surface area contributed by atoms with E-state index in [-0.39, 0.29) is 6.03 Å². The van der Waals surface area contributed by atoms with Crippen LogP contribution in [0.25, 0.3) is 10.9 Å². The number of fused-ring (bicyclic) bond motifs is 1. The number of rotatable bonds is 4. The summed E-state index contributed by atoms with van der Waals surface area (Å²) in [5, 5.41) is 9.66. The first kappa shape index (κ1) is 14.5. The van der Waals surface area contributed by atoms with Crippen LogP contribution in [0.4, 0.5) is 10.5 Å². The fraction of sp³-hybridized carbons (Fsp3) is 0.188. The summed E-state index contributed by atoms with van der Waals surface area (Å²) in [5.74, 6) is 0. The van der Waals surface area contributed by atoms with E-state index >= 15 is 0 Å². The molecule has 2 heterocycles. The molecule has 0 spiro atoms. The summed E-state index contributed by atoms with van der Waals surface area (Å²) in [7, 11) is 0. The number of carbonyl (C=O) groups is 1. The van der Waals surface area contributed by atoms with E-state index in [4.69, 9.17) is 0 Å². The molecule has 2 amide bonds. The average Bonchev–Trinajstić information content (AvgIpc) is 2.92. The number of para-hydroxylation sites is 1. The number of nitrogens with one attached hydrogen (secondary N) is 2. The molecule has 2 aromatic heterocycles. The molecule has 3 aromatic rings. The number of carbonyl (C=O) groups excluding carboxylic acids is 1. The molecule has 0 bridgehead atoms. The van der Waals surface area contributed by atoms with Crippen LogP contribution in [0.1, 0.15) is 10.7 Å². The lowest BCUT2D eigenvalue weighted by molar-refractivity contribution is 0.252. The van der Waals surface area contributed by atoms with Crippen molar-refractivity contribution in [1.82, 2.24) is 15.3 Å². The molecule has 3 rings (SSSR count). The molecular weight excluding hydrogens is 296 g/mol. The van der Waals surface area contributed by atoms with Gasteiger partial charge in [0, 0.05) is 29.4 Å². The smallest absolute Gasteiger partial charge is 0.319 e. The molecule has 6 heteroatoms. The van der Waals surface area contributed by atoms with Crippen molar-refractivity contribution in [3.8, 4) is 0 Å². The molecule has 0 aliphatic carbocycles. The molecule has 22 heavy (non-hydrogen) atoms. The Hall–Kier alpha value is -2.47. The lowest BCUT2D eigenvalue weighted by Gasteiger charge is -2.07. The number of amides is 2. The van der Waals surface area contributed by atoms with Gasteiger partial charge in [-0.25, -0.2) is 9.78 Å². The van der Waals surface area contributed by atoms with Crippen LogP contribution in [-0.4, -0.2) is 22.5 Å². The zero-order valence-corrected chi connectivity index (χ0v) is 13.0. The number of aromatic nitrogens is 2. The van der Waals surface area contributed by atoms with Crippen LogP contribution in [0.15, 0.2) is 41.9 Å². The van der Waals surface area contributed by atoms with Crippen LogP contribution in [0.2, 0.25) is 0 Å². The zero-order valence-electron chi connectivity index (χ0n) is 12.2. The molecule has 0 unspecified atom stereocenters. The molecule has 0 aliphatic heterocycles. The summed E-state index contributed by atoms with van der Waals surface area (Å²) in [4.78, 5) is 20.6. The highest BCUT2D eigenvalue weighted by Gasteiger charge is 2.04. The largest absolute Gasteiger partial charge is 0.337 e. The minimum absolute atomic E-state index is 0.231. The highest BCUT2D eigenvalue weighted by Crippen LogP contribution is 2.15. The van der Waals surface area contributed by atoms with E-state index in [1.54, 1.807) is 17.5 Å². The van der Waals surface area contributed by atoms with Gasteiger partial charge in [-0.05, 0) is 19.1 Å². The van der Waals surface area contributed by atoms with Crippen molar-refractivity contribution in [3.63, 3.8) is 0 Å². The monoisotopic (exact) mass is 312 g/mol. The van der Waals surface area contributed by atoms with Gasteiger partial charge in [0.05, 0.1) is 22.4 Å². The van der Waals surface area contributed by atoms with E-state index in [0.29, 0.717) is 12.2 Å². The summed E-state index contributed by atoms with van der Waals surface area (Å²) < 4.78 is 0. The highest BCUT2D eigenvalue weighted by atomic mass is 32.1. The quantitative estimate of drug-likeness (QED) is 0.776. The maximum absolute atomic E-state index is 11.9. The zero-order chi connectivity index (χ0) is 15.4. The van der Waals surface area contributed by atoms with Crippen molar-refractivity contribution < 1.29 is 4.79 Å². The molecule has 0 fully saturated rings. The van der Waals surface area contributed by atoms with Gasteiger partial charge in [0.15, 0.2) is 0 Å². The van der Waals surface area contributed by atoms with E-state index < -0.39 is 0 Å². The summed E-state index contributed by atoms with van der Waals surface area (Å²) in [6.45, 7) is 2.52. The number of benzene rings is 1. The lowest BCUT2D eigenvalue weighted by Crippen LogP contribution is -2.30. The van der Waals surface area contributed by atoms with Gasteiger partial charge in [-0.15, -0.1) is 11.3 Å². The Bertz CT molecular complexity index is 799. The second kappa shape index (κ2) is 6.53. The Balaban J connectivity index is 1.54. The Kier molecular flexibility index (Phi) is 4.29. The SMILES string of the molecule is Cc1csc(CCNC(=O)Nc2cnc3ccccc3c2)n1. The van der Waals surface area contributed by atoms with Crippen LogP contribution in [0, 0.1) is 6.92 Å². The maximum atomic E-state index is 11.9. The predicted octanol–water partition coefficient (Wildman–Crippen LogP) is 3.36. The summed E-state index contributed by atoms with van der Waals surface area (Å²) in [6.07, 6.45) is 2.40. The fourth-order valence-electron chi connectivity index (χ4n) is 2.12. The number of pyridine rings is 1. The molecule has 112 valence electrons. The number of hydrogen-bond acceptors (Lipinski definition) is 4. The Morgan fingerprint density at radius 2 is 2.18 bits per heavy atom. The third-order valence-electron chi connectivity index (χ3n) is 3.14. The van der Waals surface area contributed by atoms with E-state index in [1.807, 2.05) is 42.6 Å². The minimum atomic E-state index is -0.231. The van der Waals surface area contributed by atoms with Crippen molar-refractivity contribution in [2.24, 2.45) is 0 Å². The van der Waals surface area contributed by atoms with Crippen molar-refractivity contribution in [2.45, 2.75) is 13.3 Å². The second-order valence-corrected chi connectivity index (χ2v) is 5.87. The van der Waals surface area contributed by atoms with Crippen LogP contribution in [0.5, 0.6) is 0 Å². The van der Waals surface area contributed by atoms with E-state index in [0.717, 1.165) is 28.0 Å². The number of aryl methyl sites for hydroxylation is 1. The lowest BCUT2D eigenvalue weighted by atomic mass is 10.2. The molecule has 0 aliphatic rings. The molecular formula is C16H16N4OS. The molecule has 5 nitrogen and oxygen atoms in total. The van der Waals surface area contributed by atoms with Crippen LogP contribution in [0.3, 0.4) is 0 Å². The van der Waals surface area contributed by atoms with Gasteiger partial charge < -0.3 is 10.6 Å². The Morgan fingerprint density at radius 1 is 1.32 bits per heavy atom. The first-order valence-corrected chi connectivity index (χ1v) is 7.89. The maximum Gasteiger partial charge on any atom is 0.319 e. The van der Waals surface area contributed by atoms with Gasteiger partial charge in [-0.1, -0.05) is 18.2 Å². The van der Waals surface area contributed by atoms with E-state index in [1.165, 1.54) is 0 Å². The first-order chi connectivity index (χ1) is 10.7. The van der Waals surface area contributed by atoms with Crippen LogP contribution in [-0.2, 0) is 6.42 Å². The van der Waals surface area contributed by atoms with E-state index in [9.17, 15) is 4.79 Å². The standard InChI is InChI=1S/C16H16N4OS/c1-11-10-22-15(19-11)6-7-17-16(21)20-13-8-12-4-2-3-5-14(12)18-9-13/h2-5,8-10H,6-7H2,1H3,(H2,17,20,21). The molecule has 2 N–H and O–H groups in total. The topological polar surface area (TPSA) is 66.9 Å². The van der Waals surface area contributed by atoms with Gasteiger partial charge in [0.2, 0.25) is 0 Å². The van der Waals surface area contributed by atoms with Crippen molar-refractivity contribution >= 4 is 34.0 Å². The van der Waals surface area contributed by atoms with E-state index in [2.05, 4.69) is 20.6 Å². The Morgan fingerprint density at radius 3 is 3.00 bits per heavy atom. The van der Waals surface area contributed by atoms with Gasteiger partial charge >= 0.3 is 6.03 Å². The third-order valence-corrected chi connectivity index (χ3v) is 4.17. The van der Waals surface area contributed by atoms with Gasteiger partial charge in [0.25, 0.3) is 0 Å². The normalized spacial score (nSPS) is 10.6. The minimum Gasteiger partial charge on any atom is -0.337 e. The number of urea groups is 1. The molecule has 0 radical (unpaired) electrons. The highest BCUT2D eigenvalue weighted by molar-refractivity contribution is 7.09. The molecule has 0 saturated heterocycles. The third kappa shape index (κ3) is 3.59. The summed E-state index contributed by atoms with van der Waals surface area (Å²) >= 11 is 1.61. The van der Waals surface area contributed by atoms with Crippen molar-refractivity contribution in [2.75, 3.05) is 11.9 Å². The number of thiazole rings is 1. The predicted molar refractivity (Wildman–Crippen MR) is 89.3 cm³/mol. The van der Waals surface area contributed by atoms with Crippen LogP contribution >= 0.6 is 11.3 Å². The summed E-state index contributed by atoms with van der Waals surface area (Å²) in [6, 6.07) is 9.47. The number of hydrogen-bond donors (Lipinski definition) is 2. The molecule has 0 atom stereocenters. The molecule has 1 aromatic carbocycles. The first-order valence-electron chi connectivity index (χ1n) is 7.01. The van der Waals surface area contributed by atoms with Crippen molar-refractivity contribution in [3.05, 3.63) is 52.6 Å². The Labute approximate surface area is 132 Å². The number of nitrogens with zero attached hydrogens (tertiary/aromatic N) is 2.